The van der Waals surface area contributed by atoms with Gasteiger partial charge in [0.15, 0.2) is 0 Å². The van der Waals surface area contributed by atoms with Crippen LogP contribution in [-0.2, 0) is 5.41 Å². The van der Waals surface area contributed by atoms with Gasteiger partial charge in [0.2, 0.25) is 0 Å². The minimum Gasteiger partial charge on any atom is -0.260 e. The summed E-state index contributed by atoms with van der Waals surface area (Å²) >= 11 is 0. The first kappa shape index (κ1) is 12.3. The van der Waals surface area contributed by atoms with Gasteiger partial charge in [-0.3, -0.25) is 4.98 Å². The number of fused-ring (bicyclic) bond motifs is 2. The minimum absolute atomic E-state index is 0.0734. The van der Waals surface area contributed by atoms with E-state index in [4.69, 9.17) is 0 Å². The van der Waals surface area contributed by atoms with E-state index in [-0.39, 0.29) is 17.3 Å². The molecule has 0 bridgehead atoms. The van der Waals surface area contributed by atoms with Crippen molar-refractivity contribution in [3.63, 3.8) is 0 Å². The first-order valence-corrected chi connectivity index (χ1v) is 7.63. The maximum absolute atomic E-state index is 14.7. The van der Waals surface area contributed by atoms with Gasteiger partial charge in [-0.2, -0.15) is 0 Å². The number of benzene rings is 1. The Bertz CT molecular complexity index is 671. The third-order valence-electron chi connectivity index (χ3n) is 5.52. The van der Waals surface area contributed by atoms with E-state index in [9.17, 15) is 4.39 Å². The summed E-state index contributed by atoms with van der Waals surface area (Å²) < 4.78 is 14.7. The van der Waals surface area contributed by atoms with Gasteiger partial charge in [0.1, 0.15) is 6.17 Å². The lowest BCUT2D eigenvalue weighted by Gasteiger charge is -2.48. The normalized spacial score (nSPS) is 31.1. The van der Waals surface area contributed by atoms with Crippen LogP contribution in [0.2, 0.25) is 0 Å². The van der Waals surface area contributed by atoms with Crippen LogP contribution in [0, 0.1) is 5.92 Å². The summed E-state index contributed by atoms with van der Waals surface area (Å²) in [4.78, 5) is 4.66. The van der Waals surface area contributed by atoms with Crippen LogP contribution in [0.1, 0.15) is 50.3 Å². The van der Waals surface area contributed by atoms with Crippen molar-refractivity contribution in [2.75, 3.05) is 0 Å². The molecule has 0 saturated heterocycles. The predicted octanol–water partition coefficient (Wildman–Crippen LogP) is 4.75. The second-order valence-electron chi connectivity index (χ2n) is 6.90. The van der Waals surface area contributed by atoms with Crippen molar-refractivity contribution in [2.24, 2.45) is 5.92 Å². The van der Waals surface area contributed by atoms with E-state index in [1.807, 2.05) is 6.20 Å². The molecular formula is C18H20FN. The smallest absolute Gasteiger partial charge is 0.104 e. The lowest BCUT2D eigenvalue weighted by Crippen LogP contribution is -2.45. The first-order chi connectivity index (χ1) is 9.60. The molecule has 1 aromatic carbocycles. The summed E-state index contributed by atoms with van der Waals surface area (Å²) in [5.41, 5.74) is 2.31. The maximum Gasteiger partial charge on any atom is 0.104 e. The highest BCUT2D eigenvalue weighted by Crippen LogP contribution is 2.55. The second kappa shape index (κ2) is 4.03. The van der Waals surface area contributed by atoms with Gasteiger partial charge in [0.25, 0.3) is 0 Å². The summed E-state index contributed by atoms with van der Waals surface area (Å²) in [6, 6.07) is 8.50. The van der Waals surface area contributed by atoms with Crippen LogP contribution in [0.25, 0.3) is 10.8 Å². The van der Waals surface area contributed by atoms with Crippen molar-refractivity contribution in [3.05, 3.63) is 41.7 Å². The molecule has 1 saturated carbocycles. The van der Waals surface area contributed by atoms with Crippen LogP contribution in [-0.4, -0.2) is 11.2 Å². The minimum atomic E-state index is -0.700. The fraction of sp³-hybridized carbons (Fsp3) is 0.500. The number of nitrogens with zero attached hydrogens (tertiary/aromatic N) is 1. The average Bonchev–Trinajstić information content (AvgIpc) is 2.44. The first-order valence-electron chi connectivity index (χ1n) is 7.63. The van der Waals surface area contributed by atoms with Gasteiger partial charge < -0.3 is 0 Å². The number of aromatic nitrogens is 1. The standard InChI is InChI=1S/C18H20FN/c1-18(2)13-7-3-5-11-9-10-20-17(15(11)13)12-6-4-8-14(19)16(12)18/h3,5,7,9-10,12,14,16H,4,6,8H2,1-2H3. The Kier molecular flexibility index (Phi) is 2.48. The molecular weight excluding hydrogens is 249 g/mol. The molecule has 1 heterocycles. The molecule has 3 unspecified atom stereocenters. The number of pyridine rings is 1. The van der Waals surface area contributed by atoms with Gasteiger partial charge in [0, 0.05) is 23.4 Å². The number of alkyl halides is 1. The monoisotopic (exact) mass is 269 g/mol. The van der Waals surface area contributed by atoms with Gasteiger partial charge in [-0.05, 0) is 41.7 Å². The van der Waals surface area contributed by atoms with E-state index in [1.165, 1.54) is 16.3 Å². The molecule has 3 atom stereocenters. The highest BCUT2D eigenvalue weighted by atomic mass is 19.1. The Balaban J connectivity index is 2.07. The highest BCUT2D eigenvalue weighted by molar-refractivity contribution is 5.90. The van der Waals surface area contributed by atoms with E-state index in [0.29, 0.717) is 6.42 Å². The molecule has 4 rings (SSSR count). The second-order valence-corrected chi connectivity index (χ2v) is 6.90. The van der Waals surface area contributed by atoms with E-state index in [1.54, 1.807) is 0 Å². The summed E-state index contributed by atoms with van der Waals surface area (Å²) in [5.74, 6) is 0.358. The molecule has 2 aromatic rings. The Hall–Kier alpha value is -1.44. The molecule has 0 spiro atoms. The van der Waals surface area contributed by atoms with Gasteiger partial charge in [-0.25, -0.2) is 4.39 Å². The van der Waals surface area contributed by atoms with Crippen molar-refractivity contribution in [1.29, 1.82) is 0 Å². The highest BCUT2D eigenvalue weighted by Gasteiger charge is 2.49. The Morgan fingerprint density at radius 3 is 2.90 bits per heavy atom. The zero-order chi connectivity index (χ0) is 13.9. The van der Waals surface area contributed by atoms with Gasteiger partial charge in [-0.15, -0.1) is 0 Å². The van der Waals surface area contributed by atoms with E-state index < -0.39 is 6.17 Å². The van der Waals surface area contributed by atoms with E-state index >= 15 is 0 Å². The van der Waals surface area contributed by atoms with Crippen molar-refractivity contribution in [1.82, 2.24) is 4.98 Å². The Labute approximate surface area is 119 Å². The molecule has 2 aliphatic rings. The quantitative estimate of drug-likeness (QED) is 0.672. The van der Waals surface area contributed by atoms with Crippen LogP contribution >= 0.6 is 0 Å². The fourth-order valence-corrected chi connectivity index (χ4v) is 4.66. The predicted molar refractivity (Wildman–Crippen MR) is 79.7 cm³/mol. The molecule has 1 fully saturated rings. The van der Waals surface area contributed by atoms with E-state index in [0.717, 1.165) is 18.5 Å². The molecule has 0 radical (unpaired) electrons. The van der Waals surface area contributed by atoms with Crippen LogP contribution in [0.4, 0.5) is 4.39 Å². The zero-order valence-corrected chi connectivity index (χ0v) is 12.1. The topological polar surface area (TPSA) is 12.9 Å². The third kappa shape index (κ3) is 1.45. The van der Waals surface area contributed by atoms with E-state index in [2.05, 4.69) is 43.1 Å². The number of hydrogen-bond acceptors (Lipinski definition) is 1. The molecule has 0 N–H and O–H groups in total. The zero-order valence-electron chi connectivity index (χ0n) is 12.1. The lowest BCUT2D eigenvalue weighted by molar-refractivity contribution is 0.0801. The largest absolute Gasteiger partial charge is 0.260 e. The van der Waals surface area contributed by atoms with Crippen molar-refractivity contribution in [2.45, 2.75) is 50.6 Å². The molecule has 0 aliphatic heterocycles. The molecule has 2 aliphatic carbocycles. The number of rotatable bonds is 0. The number of hydrogen-bond donors (Lipinski definition) is 0. The van der Waals surface area contributed by atoms with Gasteiger partial charge >= 0.3 is 0 Å². The Morgan fingerprint density at radius 2 is 2.05 bits per heavy atom. The SMILES string of the molecule is CC1(C)c2cccc3ccnc(c23)C2CCCC(F)C21. The van der Waals surface area contributed by atoms with Crippen LogP contribution < -0.4 is 0 Å². The molecule has 0 amide bonds. The Morgan fingerprint density at radius 1 is 1.20 bits per heavy atom. The molecule has 1 aromatic heterocycles. The molecule has 1 nitrogen and oxygen atoms in total. The van der Waals surface area contributed by atoms with Crippen molar-refractivity contribution < 1.29 is 4.39 Å². The summed E-state index contributed by atoms with van der Waals surface area (Å²) in [7, 11) is 0. The van der Waals surface area contributed by atoms with Crippen LogP contribution in [0.15, 0.2) is 30.5 Å². The summed E-state index contributed by atoms with van der Waals surface area (Å²) in [6.07, 6.45) is 3.96. The summed E-state index contributed by atoms with van der Waals surface area (Å²) in [5, 5.41) is 2.54. The molecule has 20 heavy (non-hydrogen) atoms. The fourth-order valence-electron chi connectivity index (χ4n) is 4.66. The maximum atomic E-state index is 14.7. The molecule has 2 heteroatoms. The number of halogens is 1. The van der Waals surface area contributed by atoms with Crippen LogP contribution in [0.3, 0.4) is 0 Å². The summed E-state index contributed by atoms with van der Waals surface area (Å²) in [6.45, 7) is 4.43. The van der Waals surface area contributed by atoms with Gasteiger partial charge in [-0.1, -0.05) is 32.0 Å². The third-order valence-corrected chi connectivity index (χ3v) is 5.52. The lowest BCUT2D eigenvalue weighted by atomic mass is 9.57. The van der Waals surface area contributed by atoms with Crippen LogP contribution in [0.5, 0.6) is 0 Å². The van der Waals surface area contributed by atoms with Crippen molar-refractivity contribution in [3.8, 4) is 0 Å². The molecule has 104 valence electrons. The van der Waals surface area contributed by atoms with Gasteiger partial charge in [0.05, 0.1) is 5.69 Å². The van der Waals surface area contributed by atoms with Crippen molar-refractivity contribution >= 4 is 10.8 Å². The average molecular weight is 269 g/mol.